The summed E-state index contributed by atoms with van der Waals surface area (Å²) in [5.74, 6) is 5.85. The number of nitrogens with zero attached hydrogens (tertiary/aromatic N) is 17. The van der Waals surface area contributed by atoms with Gasteiger partial charge in [-0.2, -0.15) is 47.5 Å². The lowest BCUT2D eigenvalue weighted by molar-refractivity contribution is 0.107. The monoisotopic (exact) mass is 1830 g/mol. The van der Waals surface area contributed by atoms with E-state index in [0.29, 0.717) is 124 Å². The van der Waals surface area contributed by atoms with Crippen LogP contribution in [-0.4, -0.2) is 173 Å². The number of β-amino-alcohol motifs (C(OH)–C–C–N with tert-alkyl or cyclic N) is 1. The lowest BCUT2D eigenvalue weighted by atomic mass is 10.1. The number of methoxy groups -OCH3 is 3. The molecule has 0 saturated carbocycles. The molecule has 1 aliphatic rings. The maximum atomic E-state index is 13.1. The van der Waals surface area contributed by atoms with Gasteiger partial charge in [-0.15, -0.1) is 11.3 Å². The van der Waals surface area contributed by atoms with Crippen molar-refractivity contribution in [3.63, 3.8) is 0 Å². The van der Waals surface area contributed by atoms with Crippen LogP contribution in [-0.2, 0) is 32.7 Å². The molecule has 12 heterocycles. The van der Waals surface area contributed by atoms with E-state index in [-0.39, 0.29) is 57.6 Å². The predicted molar refractivity (Wildman–Crippen MR) is 506 cm³/mol. The lowest BCUT2D eigenvalue weighted by Crippen LogP contribution is -2.46. The summed E-state index contributed by atoms with van der Waals surface area (Å²) >= 11 is 7.59. The number of anilines is 4. The first-order valence-electron chi connectivity index (χ1n) is 41.9. The van der Waals surface area contributed by atoms with E-state index in [1.807, 2.05) is 158 Å². The van der Waals surface area contributed by atoms with Crippen LogP contribution in [0.15, 0.2) is 260 Å². The van der Waals surface area contributed by atoms with Gasteiger partial charge >= 0.3 is 0 Å². The van der Waals surface area contributed by atoms with Crippen molar-refractivity contribution >= 4 is 74.6 Å². The van der Waals surface area contributed by atoms with Crippen LogP contribution in [0.4, 0.5) is 31.5 Å². The van der Waals surface area contributed by atoms with Gasteiger partial charge in [0.15, 0.2) is 29.1 Å². The summed E-state index contributed by atoms with van der Waals surface area (Å²) in [6.07, 6.45) is 0. The molecule has 1 aliphatic heterocycles. The van der Waals surface area contributed by atoms with Gasteiger partial charge in [-0.3, -0.25) is 59.3 Å². The summed E-state index contributed by atoms with van der Waals surface area (Å²) < 4.78 is 48.4. The number of fused-ring (bicyclic) bond motifs is 5. The van der Waals surface area contributed by atoms with E-state index >= 15 is 0 Å². The highest BCUT2D eigenvalue weighted by molar-refractivity contribution is 7.13. The van der Waals surface area contributed by atoms with Gasteiger partial charge in [-0.1, -0.05) is 84.4 Å². The fourth-order valence-corrected chi connectivity index (χ4v) is 15.1. The number of halogens is 3. The van der Waals surface area contributed by atoms with Gasteiger partial charge in [0.1, 0.15) is 28.9 Å². The first-order valence-corrected chi connectivity index (χ1v) is 43.2. The Balaban J connectivity index is 0.000000121. The molecule has 0 aliphatic carbocycles. The fraction of sp³-hybridized carbons (Fsp3) is 0.181. The van der Waals surface area contributed by atoms with Gasteiger partial charge < -0.3 is 40.6 Å². The van der Waals surface area contributed by atoms with Crippen molar-refractivity contribution in [3.05, 3.63) is 349 Å². The van der Waals surface area contributed by atoms with Gasteiger partial charge in [0.2, 0.25) is 0 Å². The number of para-hydroxylation sites is 2. The Hall–Kier alpha value is -16.2. The molecule has 20 rings (SSSR count). The normalized spacial score (nSPS) is 12.0. The van der Waals surface area contributed by atoms with Crippen LogP contribution >= 0.6 is 22.9 Å². The molecule has 133 heavy (non-hydrogen) atoms. The van der Waals surface area contributed by atoms with Crippen molar-refractivity contribution in [1.82, 2.24) is 108 Å². The molecule has 1 fully saturated rings. The number of aromatic amines is 5. The average molecular weight is 1830 g/mol. The van der Waals surface area contributed by atoms with Crippen LogP contribution in [0.3, 0.4) is 0 Å². The van der Waals surface area contributed by atoms with E-state index in [4.69, 9.17) is 30.9 Å². The number of aromatic nitrogens is 20. The second kappa shape index (κ2) is 41.5. The third kappa shape index (κ3) is 22.2. The molecule has 11 aromatic heterocycles. The number of H-pyrrole nitrogens is 5. The van der Waals surface area contributed by atoms with Crippen molar-refractivity contribution in [2.75, 3.05) is 81.9 Å². The topological polar surface area (TPSA) is 418 Å². The Morgan fingerprint density at radius 3 is 1.29 bits per heavy atom. The fourth-order valence-electron chi connectivity index (χ4n) is 14.2. The van der Waals surface area contributed by atoms with Gasteiger partial charge in [0.05, 0.1) is 93.1 Å². The molecule has 0 unspecified atom stereocenters. The smallest absolute Gasteiger partial charge is 0.274 e. The molecule has 19 aromatic rings. The van der Waals surface area contributed by atoms with E-state index in [1.54, 1.807) is 63.0 Å². The van der Waals surface area contributed by atoms with Crippen LogP contribution in [0.2, 0.25) is 5.02 Å². The number of hydrogen-bond acceptors (Lipinski definition) is 26. The number of ether oxygens (including phenoxy) is 3. The minimum Gasteiger partial charge on any atom is -0.497 e. The zero-order valence-electron chi connectivity index (χ0n) is 72.7. The molecule has 8 aromatic carbocycles. The maximum absolute atomic E-state index is 13.1. The third-order valence-corrected chi connectivity index (χ3v) is 22.5. The molecule has 0 radical (unpaired) electrons. The summed E-state index contributed by atoms with van der Waals surface area (Å²) in [6.45, 7) is 12.8. The Bertz CT molecular complexity index is 7600. The minimum atomic E-state index is -0.338. The van der Waals surface area contributed by atoms with E-state index in [9.17, 15) is 32.8 Å². The SMILES string of the molecule is COc1ccc(-c2nc3nc(CNc4cccc(OC)c4)cc(=O)n3[nH]2)cc1.COc1ccccc1NCc1cc(=O)n2[nH]c(-c3ccc(F)cc3)nc2n1.Cc1ccc(Cl)cc1NCc1cc(=O)n2[nH]c(-c3ccc(F)cc3)nc2n1.Cc1cccc(NCc2cc(=O)n3[nH]c(-c4cccs4)nc3n2)c1C.O=c1cc(CN2CCN(CCO)CC2)nc2nc(-c3ccccc3)[nH]n12. The predicted octanol–water partition coefficient (Wildman–Crippen LogP) is 12.9. The van der Waals surface area contributed by atoms with Crippen molar-refractivity contribution in [1.29, 1.82) is 0 Å². The number of thiophene rings is 1. The molecule has 0 spiro atoms. The molecule has 0 amide bonds. The van der Waals surface area contributed by atoms with Gasteiger partial charge in [0.25, 0.3) is 56.7 Å². The van der Waals surface area contributed by atoms with Crippen LogP contribution in [0.25, 0.3) is 85.1 Å². The zero-order valence-corrected chi connectivity index (χ0v) is 74.2. The Morgan fingerprint density at radius 1 is 0.383 bits per heavy atom. The number of piperazine rings is 1. The van der Waals surface area contributed by atoms with Crippen LogP contribution in [0.1, 0.15) is 45.2 Å². The van der Waals surface area contributed by atoms with E-state index in [0.717, 1.165) is 94.2 Å². The first-order chi connectivity index (χ1) is 64.6. The number of rotatable bonds is 24. The number of aliphatic hydroxyl groups excluding tert-OH is 1. The Morgan fingerprint density at radius 2 is 0.805 bits per heavy atom. The molecule has 0 atom stereocenters. The summed E-state index contributed by atoms with van der Waals surface area (Å²) in [7, 11) is 4.83. The maximum Gasteiger partial charge on any atom is 0.274 e. The molecule has 10 N–H and O–H groups in total. The third-order valence-electron chi connectivity index (χ3n) is 21.4. The molecule has 39 heteroatoms. The Labute approximate surface area is 764 Å². The number of aliphatic hydroxyl groups is 1. The number of benzene rings is 8. The van der Waals surface area contributed by atoms with Gasteiger partial charge in [-0.25, -0.2) is 33.7 Å². The van der Waals surface area contributed by atoms with Crippen LogP contribution in [0.5, 0.6) is 17.2 Å². The highest BCUT2D eigenvalue weighted by Gasteiger charge is 2.21. The number of nitrogens with one attached hydrogen (secondary N) is 9. The molecule has 676 valence electrons. The zero-order chi connectivity index (χ0) is 92.6. The van der Waals surface area contributed by atoms with Gasteiger partial charge in [0, 0.05) is 120 Å². The number of hydrogen-bond donors (Lipinski definition) is 10. The van der Waals surface area contributed by atoms with Crippen molar-refractivity contribution in [2.45, 2.75) is 53.5 Å². The molecular formula is C94H89ClF2N26O9S. The standard InChI is InChI=1S/C20H19N5O3.C19H15ClFN5O.C19H16FN5O2.C18H22N6O2.C18H17N5OS/c1-27-16-8-6-13(7-9-16)19-23-20-22-15(11-18(26)25(20)24-19)12-21-14-4-3-5-17(10-14)28-2;1-11-2-5-13(20)8-16(11)22-10-15-9-17(27)26-19(23-15)24-18(25-26)12-3-6-14(21)7-4-12;1-27-16-5-3-2-4-15(16)21-11-14-10-17(26)25-19(22-14)23-18(24-25)12-6-8-13(20)9-7-12;25-11-10-22-6-8-23(9-7-22)13-15-12-16(26)24-18(19-15)20-17(21-24)14-4-2-1-3-5-14;1-11-5-3-6-14(12(11)2)19-10-13-9-16(24)23-18(20-13)21-17(22-23)15-7-4-8-25-15/h3-11,21H,12H2,1-2H3,(H,22,23,24);2-9,22H,10H2,1H3,(H,23,24,25);2-10,21H,11H2,1H3,(H,22,23,24);1-5,12,25H,6-11,13H2,(H,19,20,21);3-9,19H,10H2,1-2H3,(H,20,21,22). The quantitative estimate of drug-likeness (QED) is 0.0269. The second-order valence-electron chi connectivity index (χ2n) is 30.4. The molecule has 1 saturated heterocycles. The summed E-state index contributed by atoms with van der Waals surface area (Å²) in [5.41, 5.74) is 12.1. The number of aryl methyl sites for hydroxylation is 2. The molecular weight excluding hydrogens is 1740 g/mol. The first kappa shape index (κ1) is 90.2. The van der Waals surface area contributed by atoms with Crippen molar-refractivity contribution in [3.8, 4) is 73.5 Å². The Kier molecular flexibility index (Phi) is 28.2. The van der Waals surface area contributed by atoms with E-state index in [1.165, 1.54) is 82.2 Å². The van der Waals surface area contributed by atoms with E-state index < -0.39 is 0 Å². The van der Waals surface area contributed by atoms with Gasteiger partial charge in [-0.05, 0) is 164 Å². The van der Waals surface area contributed by atoms with Crippen molar-refractivity contribution < 1.29 is 28.1 Å². The van der Waals surface area contributed by atoms with Crippen LogP contribution < -0.4 is 63.3 Å². The summed E-state index contributed by atoms with van der Waals surface area (Å²) in [4.78, 5) is 112. The molecule has 0 bridgehead atoms. The van der Waals surface area contributed by atoms with Crippen molar-refractivity contribution in [2.24, 2.45) is 0 Å². The van der Waals surface area contributed by atoms with Crippen LogP contribution in [0, 0.1) is 32.4 Å². The second-order valence-corrected chi connectivity index (χ2v) is 31.8. The molecule has 35 nitrogen and oxygen atoms in total. The average Bonchev–Trinajstić information content (AvgIpc) is 1.67. The minimum absolute atomic E-state index is 0.154. The van der Waals surface area contributed by atoms with E-state index in [2.05, 4.69) is 126 Å². The lowest BCUT2D eigenvalue weighted by Gasteiger charge is -2.34. The summed E-state index contributed by atoms with van der Waals surface area (Å²) in [6, 6.07) is 66.8. The summed E-state index contributed by atoms with van der Waals surface area (Å²) in [5, 5.41) is 39.4. The largest absolute Gasteiger partial charge is 0.497 e. The highest BCUT2D eigenvalue weighted by atomic mass is 35.5. The highest BCUT2D eigenvalue weighted by Crippen LogP contribution is 2.28.